The third-order valence-corrected chi connectivity index (χ3v) is 6.35. The van der Waals surface area contributed by atoms with Crippen molar-refractivity contribution < 1.29 is 13.3 Å². The Morgan fingerprint density at radius 2 is 1.96 bits per heavy atom. The van der Waals surface area contributed by atoms with Crippen molar-refractivity contribution in [3.8, 4) is 0 Å². The third-order valence-electron chi connectivity index (χ3n) is 4.32. The molecule has 0 unspecified atom stereocenters. The van der Waals surface area contributed by atoms with Gasteiger partial charge in [0.1, 0.15) is 10.6 Å². The highest BCUT2D eigenvalue weighted by Gasteiger charge is 2.30. The van der Waals surface area contributed by atoms with Gasteiger partial charge >= 0.3 is 5.69 Å². The number of rotatable bonds is 5. The maximum absolute atomic E-state index is 11.9. The first-order valence-electron chi connectivity index (χ1n) is 8.12. The molecule has 1 fully saturated rings. The van der Waals surface area contributed by atoms with Crippen molar-refractivity contribution in [2.24, 2.45) is 0 Å². The standard InChI is InChI=1S/C16H20N4O4S2/c1-12-17-10-13(25-12)11-18-6-8-19(9-7-18)14-4-3-5-15(26(2,23)24)16(14)20(21)22/h3-5,10H,6-9,11H2,1-2H3. The number of hydrogen-bond donors (Lipinski definition) is 0. The second-order valence-corrected chi connectivity index (χ2v) is 9.57. The van der Waals surface area contributed by atoms with E-state index in [-0.39, 0.29) is 10.6 Å². The lowest BCUT2D eigenvalue weighted by molar-refractivity contribution is -0.387. The van der Waals surface area contributed by atoms with Gasteiger partial charge in [0.2, 0.25) is 0 Å². The van der Waals surface area contributed by atoms with Crippen molar-refractivity contribution >= 4 is 32.5 Å². The molecule has 1 aliphatic rings. The molecule has 2 heterocycles. The predicted octanol–water partition coefficient (Wildman–Crippen LogP) is 2.09. The molecule has 1 aromatic carbocycles. The van der Waals surface area contributed by atoms with Crippen LogP contribution in [0.5, 0.6) is 0 Å². The summed E-state index contributed by atoms with van der Waals surface area (Å²) >= 11 is 1.67. The van der Waals surface area contributed by atoms with E-state index in [0.717, 1.165) is 30.9 Å². The van der Waals surface area contributed by atoms with Gasteiger partial charge in [-0.15, -0.1) is 11.3 Å². The summed E-state index contributed by atoms with van der Waals surface area (Å²) in [6.07, 6.45) is 2.88. The van der Waals surface area contributed by atoms with Gasteiger partial charge in [0, 0.05) is 50.1 Å². The number of aromatic nitrogens is 1. The first-order chi connectivity index (χ1) is 12.3. The first-order valence-corrected chi connectivity index (χ1v) is 10.8. The molecule has 0 bridgehead atoms. The largest absolute Gasteiger partial charge is 0.363 e. The molecule has 0 atom stereocenters. The average Bonchev–Trinajstić information content (AvgIpc) is 2.99. The van der Waals surface area contributed by atoms with Gasteiger partial charge in [0.25, 0.3) is 0 Å². The Balaban J connectivity index is 1.78. The van der Waals surface area contributed by atoms with Gasteiger partial charge in [-0.3, -0.25) is 15.0 Å². The molecule has 26 heavy (non-hydrogen) atoms. The van der Waals surface area contributed by atoms with Gasteiger partial charge in [-0.25, -0.2) is 13.4 Å². The van der Waals surface area contributed by atoms with E-state index in [2.05, 4.69) is 9.88 Å². The van der Waals surface area contributed by atoms with Crippen molar-refractivity contribution in [1.82, 2.24) is 9.88 Å². The number of aryl methyl sites for hydroxylation is 1. The minimum atomic E-state index is -3.67. The van der Waals surface area contributed by atoms with Crippen molar-refractivity contribution in [2.75, 3.05) is 37.3 Å². The van der Waals surface area contributed by atoms with Crippen molar-refractivity contribution in [3.05, 3.63) is 44.4 Å². The van der Waals surface area contributed by atoms with Crippen LogP contribution in [0, 0.1) is 17.0 Å². The van der Waals surface area contributed by atoms with Gasteiger partial charge in [-0.1, -0.05) is 6.07 Å². The highest BCUT2D eigenvalue weighted by atomic mass is 32.2. The molecule has 0 N–H and O–H groups in total. The Hall–Kier alpha value is -2.04. The SMILES string of the molecule is Cc1ncc(CN2CCN(c3cccc(S(C)(=O)=O)c3[N+](=O)[O-])CC2)s1. The fraction of sp³-hybridized carbons (Fsp3) is 0.438. The maximum Gasteiger partial charge on any atom is 0.311 e. The van der Waals surface area contributed by atoms with E-state index in [1.807, 2.05) is 18.0 Å². The first kappa shape index (κ1) is 18.7. The zero-order valence-corrected chi connectivity index (χ0v) is 16.2. The highest BCUT2D eigenvalue weighted by Crippen LogP contribution is 2.35. The topological polar surface area (TPSA) is 96.7 Å². The number of para-hydroxylation sites is 1. The Morgan fingerprint density at radius 1 is 1.27 bits per heavy atom. The third kappa shape index (κ3) is 4.02. The Kier molecular flexibility index (Phi) is 5.26. The molecule has 0 saturated carbocycles. The van der Waals surface area contributed by atoms with Crippen LogP contribution in [0.1, 0.15) is 9.88 Å². The van der Waals surface area contributed by atoms with Gasteiger partial charge in [0.15, 0.2) is 9.84 Å². The Labute approximate surface area is 156 Å². The molecule has 1 aromatic heterocycles. The van der Waals surface area contributed by atoms with Crippen LogP contribution in [-0.2, 0) is 16.4 Å². The molecule has 1 saturated heterocycles. The number of nitro benzene ring substituents is 1. The summed E-state index contributed by atoms with van der Waals surface area (Å²) in [5.41, 5.74) is 0.0349. The van der Waals surface area contributed by atoms with E-state index in [1.165, 1.54) is 10.9 Å². The summed E-state index contributed by atoms with van der Waals surface area (Å²) in [6, 6.07) is 4.47. The smallest absolute Gasteiger partial charge is 0.311 e. The van der Waals surface area contributed by atoms with Crippen LogP contribution < -0.4 is 4.90 Å². The van der Waals surface area contributed by atoms with E-state index in [4.69, 9.17) is 0 Å². The number of anilines is 1. The lowest BCUT2D eigenvalue weighted by atomic mass is 10.2. The van der Waals surface area contributed by atoms with Crippen molar-refractivity contribution in [1.29, 1.82) is 0 Å². The minimum Gasteiger partial charge on any atom is -0.363 e. The number of sulfone groups is 1. The van der Waals surface area contributed by atoms with Crippen molar-refractivity contribution in [3.63, 3.8) is 0 Å². The van der Waals surface area contributed by atoms with Gasteiger partial charge in [-0.2, -0.15) is 0 Å². The lowest BCUT2D eigenvalue weighted by Gasteiger charge is -2.35. The number of thiazole rings is 1. The zero-order chi connectivity index (χ0) is 18.9. The average molecular weight is 396 g/mol. The minimum absolute atomic E-state index is 0.234. The Bertz CT molecular complexity index is 918. The fourth-order valence-electron chi connectivity index (χ4n) is 3.09. The molecule has 140 valence electrons. The number of nitrogens with zero attached hydrogens (tertiary/aromatic N) is 4. The summed E-state index contributed by atoms with van der Waals surface area (Å²) in [5.74, 6) is 0. The number of piperazine rings is 1. The second-order valence-electron chi connectivity index (χ2n) is 6.26. The second kappa shape index (κ2) is 7.29. The highest BCUT2D eigenvalue weighted by molar-refractivity contribution is 7.90. The maximum atomic E-state index is 11.9. The van der Waals surface area contributed by atoms with Gasteiger partial charge in [-0.05, 0) is 19.1 Å². The molecule has 0 aliphatic carbocycles. The quantitative estimate of drug-likeness (QED) is 0.564. The summed E-state index contributed by atoms with van der Waals surface area (Å²) in [4.78, 5) is 20.3. The van der Waals surface area contributed by atoms with Crippen LogP contribution in [0.25, 0.3) is 0 Å². The van der Waals surface area contributed by atoms with Crippen LogP contribution in [-0.4, -0.2) is 55.7 Å². The summed E-state index contributed by atoms with van der Waals surface area (Å²) < 4.78 is 23.8. The number of hydrogen-bond acceptors (Lipinski definition) is 8. The molecule has 0 radical (unpaired) electrons. The van der Waals surface area contributed by atoms with Crippen LogP contribution in [0.4, 0.5) is 11.4 Å². The molecule has 0 spiro atoms. The lowest BCUT2D eigenvalue weighted by Crippen LogP contribution is -2.46. The molecule has 0 amide bonds. The van der Waals surface area contributed by atoms with Crippen molar-refractivity contribution in [2.45, 2.75) is 18.4 Å². The van der Waals surface area contributed by atoms with Crippen LogP contribution in [0.2, 0.25) is 0 Å². The molecule has 10 heteroatoms. The van der Waals surface area contributed by atoms with Crippen LogP contribution in [0.15, 0.2) is 29.3 Å². The van der Waals surface area contributed by atoms with E-state index < -0.39 is 14.8 Å². The van der Waals surface area contributed by atoms with E-state index >= 15 is 0 Å². The molecular weight excluding hydrogens is 376 g/mol. The van der Waals surface area contributed by atoms with E-state index in [0.29, 0.717) is 18.8 Å². The van der Waals surface area contributed by atoms with Crippen LogP contribution >= 0.6 is 11.3 Å². The summed E-state index contributed by atoms with van der Waals surface area (Å²) in [6.45, 7) is 5.48. The summed E-state index contributed by atoms with van der Waals surface area (Å²) in [7, 11) is -3.67. The molecule has 3 rings (SSSR count). The van der Waals surface area contributed by atoms with Crippen LogP contribution in [0.3, 0.4) is 0 Å². The number of benzene rings is 1. The summed E-state index contributed by atoms with van der Waals surface area (Å²) in [5, 5.41) is 12.6. The molecule has 2 aromatic rings. The zero-order valence-electron chi connectivity index (χ0n) is 14.6. The number of nitro groups is 1. The Morgan fingerprint density at radius 3 is 2.50 bits per heavy atom. The molecule has 1 aliphatic heterocycles. The van der Waals surface area contributed by atoms with Gasteiger partial charge in [0.05, 0.1) is 9.93 Å². The fourth-order valence-corrected chi connectivity index (χ4v) is 4.79. The predicted molar refractivity (Wildman–Crippen MR) is 101 cm³/mol. The molecular formula is C16H20N4O4S2. The monoisotopic (exact) mass is 396 g/mol. The normalized spacial score (nSPS) is 16.0. The van der Waals surface area contributed by atoms with Gasteiger partial charge < -0.3 is 4.90 Å². The van der Waals surface area contributed by atoms with E-state index in [1.54, 1.807) is 23.5 Å². The molecule has 8 nitrogen and oxygen atoms in total. The van der Waals surface area contributed by atoms with E-state index in [9.17, 15) is 18.5 Å².